The van der Waals surface area contributed by atoms with Gasteiger partial charge in [-0.15, -0.1) is 0 Å². The molecule has 0 saturated carbocycles. The van der Waals surface area contributed by atoms with Crippen LogP contribution in [0.25, 0.3) is 0 Å². The van der Waals surface area contributed by atoms with E-state index in [9.17, 15) is 9.18 Å². The van der Waals surface area contributed by atoms with Crippen LogP contribution in [0.2, 0.25) is 0 Å². The van der Waals surface area contributed by atoms with E-state index < -0.39 is 11.7 Å². The molecule has 0 unspecified atom stereocenters. The van der Waals surface area contributed by atoms with Crippen LogP contribution in [0.5, 0.6) is 0 Å². The highest BCUT2D eigenvalue weighted by molar-refractivity contribution is 6.03. The Morgan fingerprint density at radius 3 is 2.42 bits per heavy atom. The van der Waals surface area contributed by atoms with Gasteiger partial charge in [-0.2, -0.15) is 0 Å². The number of nitrogens with two attached hydrogens (primary N) is 1. The zero-order valence-corrected chi connectivity index (χ0v) is 10.6. The number of nitrogens with zero attached hydrogens (tertiary/aromatic N) is 2. The molecular formula is C13H13FN4O. The van der Waals surface area contributed by atoms with Gasteiger partial charge in [-0.3, -0.25) is 10.1 Å². The Hall–Kier alpha value is -2.50. The summed E-state index contributed by atoms with van der Waals surface area (Å²) in [6.45, 7) is 3.57. The van der Waals surface area contributed by atoms with Gasteiger partial charge in [-0.05, 0) is 38.1 Å². The van der Waals surface area contributed by atoms with Gasteiger partial charge in [0.25, 0.3) is 5.91 Å². The molecule has 0 saturated heterocycles. The van der Waals surface area contributed by atoms with Crippen molar-refractivity contribution < 1.29 is 9.18 Å². The molecule has 2 rings (SSSR count). The molecule has 0 spiro atoms. The van der Waals surface area contributed by atoms with Crippen LogP contribution in [-0.4, -0.2) is 15.9 Å². The van der Waals surface area contributed by atoms with Gasteiger partial charge in [0.1, 0.15) is 5.82 Å². The number of carbonyl (C=O) groups excluding carboxylic acids is 1. The van der Waals surface area contributed by atoms with E-state index in [1.54, 1.807) is 19.9 Å². The average molecular weight is 260 g/mol. The third-order valence-corrected chi connectivity index (χ3v) is 2.45. The Kier molecular flexibility index (Phi) is 3.41. The lowest BCUT2D eigenvalue weighted by molar-refractivity contribution is 0.102. The fourth-order valence-electron chi connectivity index (χ4n) is 1.67. The summed E-state index contributed by atoms with van der Waals surface area (Å²) in [6, 6.07) is 5.65. The summed E-state index contributed by atoms with van der Waals surface area (Å²) in [5.41, 5.74) is 7.03. The SMILES string of the molecule is Cc1cc(C)nc(NC(=O)c2ccc(N)cc2F)n1. The van der Waals surface area contributed by atoms with E-state index in [1.807, 2.05) is 0 Å². The van der Waals surface area contributed by atoms with E-state index in [-0.39, 0.29) is 17.2 Å². The van der Waals surface area contributed by atoms with Gasteiger partial charge in [-0.25, -0.2) is 14.4 Å². The van der Waals surface area contributed by atoms with Crippen molar-refractivity contribution in [3.63, 3.8) is 0 Å². The van der Waals surface area contributed by atoms with E-state index in [0.717, 1.165) is 17.5 Å². The van der Waals surface area contributed by atoms with Gasteiger partial charge < -0.3 is 5.73 Å². The predicted octanol–water partition coefficient (Wildman–Crippen LogP) is 2.07. The highest BCUT2D eigenvalue weighted by Crippen LogP contribution is 2.13. The molecule has 19 heavy (non-hydrogen) atoms. The van der Waals surface area contributed by atoms with Crippen LogP contribution in [0.3, 0.4) is 0 Å². The molecule has 1 aromatic heterocycles. The van der Waals surface area contributed by atoms with Crippen LogP contribution in [0.15, 0.2) is 24.3 Å². The Bertz CT molecular complexity index is 622. The molecule has 3 N–H and O–H groups in total. The molecule has 98 valence electrons. The highest BCUT2D eigenvalue weighted by atomic mass is 19.1. The quantitative estimate of drug-likeness (QED) is 0.810. The molecule has 0 bridgehead atoms. The van der Waals surface area contributed by atoms with Crippen molar-refractivity contribution in [2.45, 2.75) is 13.8 Å². The Balaban J connectivity index is 2.25. The van der Waals surface area contributed by atoms with E-state index in [2.05, 4.69) is 15.3 Å². The van der Waals surface area contributed by atoms with Crippen molar-refractivity contribution in [3.8, 4) is 0 Å². The van der Waals surface area contributed by atoms with E-state index in [0.29, 0.717) is 0 Å². The molecule has 0 fully saturated rings. The number of nitrogens with one attached hydrogen (secondary N) is 1. The summed E-state index contributed by atoms with van der Waals surface area (Å²) in [6.07, 6.45) is 0. The summed E-state index contributed by atoms with van der Waals surface area (Å²) < 4.78 is 13.6. The first-order chi connectivity index (χ1) is 8.95. The molecule has 0 atom stereocenters. The minimum absolute atomic E-state index is 0.100. The Morgan fingerprint density at radius 1 is 1.21 bits per heavy atom. The molecule has 1 heterocycles. The van der Waals surface area contributed by atoms with Gasteiger partial charge in [0, 0.05) is 17.1 Å². The number of aryl methyl sites for hydroxylation is 2. The van der Waals surface area contributed by atoms with Crippen LogP contribution < -0.4 is 11.1 Å². The number of carbonyl (C=O) groups is 1. The number of anilines is 2. The summed E-state index contributed by atoms with van der Waals surface area (Å²) in [5, 5.41) is 2.46. The minimum Gasteiger partial charge on any atom is -0.399 e. The topological polar surface area (TPSA) is 80.9 Å². The van der Waals surface area contributed by atoms with Crippen molar-refractivity contribution in [2.24, 2.45) is 0 Å². The first kappa shape index (κ1) is 12.9. The Labute approximate surface area is 109 Å². The second kappa shape index (κ2) is 5.01. The summed E-state index contributed by atoms with van der Waals surface area (Å²) in [5.74, 6) is -1.14. The summed E-state index contributed by atoms with van der Waals surface area (Å²) in [4.78, 5) is 20.0. The molecule has 1 aromatic carbocycles. The van der Waals surface area contributed by atoms with Gasteiger partial charge >= 0.3 is 0 Å². The number of rotatable bonds is 2. The number of aromatic nitrogens is 2. The number of hydrogen-bond acceptors (Lipinski definition) is 4. The molecule has 6 heteroatoms. The molecule has 0 radical (unpaired) electrons. The van der Waals surface area contributed by atoms with Crippen LogP contribution in [0, 0.1) is 19.7 Å². The van der Waals surface area contributed by atoms with Gasteiger partial charge in [0.2, 0.25) is 5.95 Å². The fourth-order valence-corrected chi connectivity index (χ4v) is 1.67. The fraction of sp³-hybridized carbons (Fsp3) is 0.154. The first-order valence-electron chi connectivity index (χ1n) is 5.64. The average Bonchev–Trinajstić information content (AvgIpc) is 2.26. The second-order valence-electron chi connectivity index (χ2n) is 4.17. The number of halogens is 1. The highest BCUT2D eigenvalue weighted by Gasteiger charge is 2.13. The molecule has 0 aliphatic carbocycles. The first-order valence-corrected chi connectivity index (χ1v) is 5.64. The van der Waals surface area contributed by atoms with Crippen molar-refractivity contribution in [3.05, 3.63) is 47.0 Å². The monoisotopic (exact) mass is 260 g/mol. The third kappa shape index (κ3) is 3.04. The van der Waals surface area contributed by atoms with Crippen LogP contribution >= 0.6 is 0 Å². The molecule has 1 amide bonds. The number of benzene rings is 1. The number of hydrogen-bond donors (Lipinski definition) is 2. The Morgan fingerprint density at radius 2 is 1.84 bits per heavy atom. The zero-order valence-electron chi connectivity index (χ0n) is 10.6. The zero-order chi connectivity index (χ0) is 14.0. The standard InChI is InChI=1S/C13H13FN4O/c1-7-5-8(2)17-13(16-7)18-12(19)10-4-3-9(15)6-11(10)14/h3-6H,15H2,1-2H3,(H,16,17,18,19). The van der Waals surface area contributed by atoms with Gasteiger partial charge in [0.05, 0.1) is 5.56 Å². The number of nitrogen functional groups attached to an aromatic ring is 1. The van der Waals surface area contributed by atoms with Crippen LogP contribution in [0.1, 0.15) is 21.7 Å². The smallest absolute Gasteiger partial charge is 0.260 e. The minimum atomic E-state index is -0.679. The summed E-state index contributed by atoms with van der Waals surface area (Å²) >= 11 is 0. The maximum Gasteiger partial charge on any atom is 0.260 e. The third-order valence-electron chi connectivity index (χ3n) is 2.45. The lowest BCUT2D eigenvalue weighted by Gasteiger charge is -2.06. The summed E-state index contributed by atoms with van der Waals surface area (Å²) in [7, 11) is 0. The van der Waals surface area contributed by atoms with E-state index in [1.165, 1.54) is 12.1 Å². The van der Waals surface area contributed by atoms with Crippen molar-refractivity contribution in [2.75, 3.05) is 11.1 Å². The van der Waals surface area contributed by atoms with Crippen molar-refractivity contribution in [1.82, 2.24) is 9.97 Å². The lowest BCUT2D eigenvalue weighted by atomic mass is 10.2. The predicted molar refractivity (Wildman–Crippen MR) is 70.3 cm³/mol. The van der Waals surface area contributed by atoms with Crippen LogP contribution in [-0.2, 0) is 0 Å². The molecule has 0 aliphatic rings. The molecular weight excluding hydrogens is 247 g/mol. The number of amides is 1. The normalized spacial score (nSPS) is 10.3. The van der Waals surface area contributed by atoms with E-state index in [4.69, 9.17) is 5.73 Å². The largest absolute Gasteiger partial charge is 0.399 e. The van der Waals surface area contributed by atoms with E-state index >= 15 is 0 Å². The van der Waals surface area contributed by atoms with Crippen LogP contribution in [0.4, 0.5) is 16.0 Å². The lowest BCUT2D eigenvalue weighted by Crippen LogP contribution is -2.16. The van der Waals surface area contributed by atoms with Gasteiger partial charge in [0.15, 0.2) is 0 Å². The van der Waals surface area contributed by atoms with Crippen molar-refractivity contribution >= 4 is 17.5 Å². The maximum atomic E-state index is 13.6. The maximum absolute atomic E-state index is 13.6. The van der Waals surface area contributed by atoms with Gasteiger partial charge in [-0.1, -0.05) is 0 Å². The molecule has 5 nitrogen and oxygen atoms in total. The van der Waals surface area contributed by atoms with Crippen molar-refractivity contribution in [1.29, 1.82) is 0 Å². The molecule has 2 aromatic rings. The molecule has 0 aliphatic heterocycles. The second-order valence-corrected chi connectivity index (χ2v) is 4.17.